The van der Waals surface area contributed by atoms with Crippen molar-refractivity contribution in [3.8, 4) is 0 Å². The van der Waals surface area contributed by atoms with Crippen LogP contribution in [0.5, 0.6) is 0 Å². The summed E-state index contributed by atoms with van der Waals surface area (Å²) in [5.41, 5.74) is 1.18. The van der Waals surface area contributed by atoms with Crippen molar-refractivity contribution < 1.29 is 4.74 Å². The summed E-state index contributed by atoms with van der Waals surface area (Å²) in [5.74, 6) is 1.38. The number of morpholine rings is 1. The zero-order valence-electron chi connectivity index (χ0n) is 13.9. The normalized spacial score (nSPS) is 14.7. The van der Waals surface area contributed by atoms with E-state index < -0.39 is 0 Å². The van der Waals surface area contributed by atoms with Crippen molar-refractivity contribution in [1.29, 1.82) is 0 Å². The summed E-state index contributed by atoms with van der Waals surface area (Å²) in [4.78, 5) is 11.5. The highest BCUT2D eigenvalue weighted by Crippen LogP contribution is 2.22. The molecule has 1 aliphatic heterocycles. The molecule has 0 amide bonds. The first-order chi connectivity index (χ1) is 11.8. The van der Waals surface area contributed by atoms with Crippen molar-refractivity contribution >= 4 is 39.8 Å². The molecule has 8 heteroatoms. The Labute approximate surface area is 150 Å². The van der Waals surface area contributed by atoms with E-state index in [-0.39, 0.29) is 0 Å². The Morgan fingerprint density at radius 2 is 1.88 bits per heavy atom. The number of anilines is 1. The molecule has 0 N–H and O–H groups in total. The first kappa shape index (κ1) is 17.3. The van der Waals surface area contributed by atoms with Gasteiger partial charge in [-0.15, -0.1) is 28.6 Å². The zero-order chi connectivity index (χ0) is 16.8. The number of aliphatic imine (C=N–C) groups is 1. The number of hydrogen-bond donors (Lipinski definition) is 0. The highest BCUT2D eigenvalue weighted by atomic mass is 32.2. The molecular weight excluding hydrogens is 342 g/mol. The topological polar surface area (TPSA) is 55.5 Å². The Morgan fingerprint density at radius 1 is 1.17 bits per heavy atom. The molecule has 0 aliphatic carbocycles. The first-order valence-corrected chi connectivity index (χ1v) is 10.2. The second-order valence-electron chi connectivity index (χ2n) is 5.24. The molecular formula is C16H21N5OS2. The number of hydrogen-bond acceptors (Lipinski definition) is 7. The molecule has 0 saturated carbocycles. The average molecular weight is 364 g/mol. The molecule has 3 rings (SSSR count). The Hall–Kier alpha value is -1.51. The summed E-state index contributed by atoms with van der Waals surface area (Å²) in [6.45, 7) is 3.72. The van der Waals surface area contributed by atoms with Crippen LogP contribution in [-0.2, 0) is 11.3 Å². The van der Waals surface area contributed by atoms with Crippen LogP contribution in [0.2, 0.25) is 0 Å². The van der Waals surface area contributed by atoms with Crippen molar-refractivity contribution in [2.75, 3.05) is 43.7 Å². The van der Waals surface area contributed by atoms with Crippen LogP contribution in [0.15, 0.2) is 35.3 Å². The summed E-state index contributed by atoms with van der Waals surface area (Å²) in [6.07, 6.45) is 4.05. The SMILES string of the molecule is CSC(=Nc1nc(N2CCOCC2)nn1Cc1ccccc1)SC. The summed E-state index contributed by atoms with van der Waals surface area (Å²) < 4.78 is 8.27. The fraction of sp³-hybridized carbons (Fsp3) is 0.438. The van der Waals surface area contributed by atoms with E-state index in [1.807, 2.05) is 35.4 Å². The van der Waals surface area contributed by atoms with E-state index in [0.29, 0.717) is 25.7 Å². The molecule has 1 aromatic heterocycles. The van der Waals surface area contributed by atoms with E-state index >= 15 is 0 Å². The number of nitrogens with zero attached hydrogens (tertiary/aromatic N) is 5. The monoisotopic (exact) mass is 363 g/mol. The molecule has 0 radical (unpaired) electrons. The third kappa shape index (κ3) is 4.31. The van der Waals surface area contributed by atoms with Gasteiger partial charge < -0.3 is 9.64 Å². The quantitative estimate of drug-likeness (QED) is 0.615. The van der Waals surface area contributed by atoms with Crippen LogP contribution in [0, 0.1) is 0 Å². The van der Waals surface area contributed by atoms with Crippen molar-refractivity contribution in [3.63, 3.8) is 0 Å². The Kier molecular flexibility index (Phi) is 6.17. The van der Waals surface area contributed by atoms with Crippen LogP contribution in [0.1, 0.15) is 5.56 Å². The van der Waals surface area contributed by atoms with Gasteiger partial charge in [-0.3, -0.25) is 0 Å². The number of benzene rings is 1. The molecule has 0 unspecified atom stereocenters. The van der Waals surface area contributed by atoms with E-state index in [9.17, 15) is 0 Å². The minimum absolute atomic E-state index is 0.652. The van der Waals surface area contributed by atoms with Gasteiger partial charge in [0.15, 0.2) is 0 Å². The van der Waals surface area contributed by atoms with Gasteiger partial charge in [-0.05, 0) is 18.1 Å². The molecule has 0 spiro atoms. The largest absolute Gasteiger partial charge is 0.378 e. The summed E-state index contributed by atoms with van der Waals surface area (Å²) in [7, 11) is 0. The van der Waals surface area contributed by atoms with E-state index in [1.165, 1.54) is 5.56 Å². The minimum Gasteiger partial charge on any atom is -0.378 e. The molecule has 0 bridgehead atoms. The maximum absolute atomic E-state index is 5.41. The van der Waals surface area contributed by atoms with Crippen molar-refractivity contribution in [2.24, 2.45) is 4.99 Å². The van der Waals surface area contributed by atoms with E-state index in [2.05, 4.69) is 27.0 Å². The smallest absolute Gasteiger partial charge is 0.251 e. The Balaban J connectivity index is 1.91. The molecule has 0 atom stereocenters. The molecule has 2 heterocycles. The lowest BCUT2D eigenvalue weighted by Gasteiger charge is -2.25. The van der Waals surface area contributed by atoms with Gasteiger partial charge in [0, 0.05) is 13.1 Å². The Bertz CT molecular complexity index is 677. The van der Waals surface area contributed by atoms with E-state index in [1.54, 1.807) is 23.5 Å². The van der Waals surface area contributed by atoms with Gasteiger partial charge in [-0.25, -0.2) is 4.68 Å². The molecule has 1 aliphatic rings. The van der Waals surface area contributed by atoms with E-state index in [0.717, 1.165) is 23.4 Å². The van der Waals surface area contributed by atoms with Crippen LogP contribution in [0.4, 0.5) is 11.9 Å². The maximum atomic E-state index is 5.41. The lowest BCUT2D eigenvalue weighted by molar-refractivity contribution is 0.122. The molecule has 1 aromatic carbocycles. The Morgan fingerprint density at radius 3 is 2.54 bits per heavy atom. The second-order valence-corrected chi connectivity index (χ2v) is 7.09. The number of rotatable bonds is 4. The molecule has 1 fully saturated rings. The van der Waals surface area contributed by atoms with Gasteiger partial charge in [0.25, 0.3) is 5.95 Å². The highest BCUT2D eigenvalue weighted by molar-refractivity contribution is 8.38. The third-order valence-electron chi connectivity index (χ3n) is 3.65. The maximum Gasteiger partial charge on any atom is 0.251 e. The van der Waals surface area contributed by atoms with Gasteiger partial charge in [0.05, 0.1) is 19.8 Å². The standard InChI is InChI=1S/C16H21N5OS2/c1-23-16(24-2)18-14-17-15(20-8-10-22-11-9-20)19-21(14)12-13-6-4-3-5-7-13/h3-7H,8-12H2,1-2H3. The average Bonchev–Trinajstić information content (AvgIpc) is 3.03. The molecule has 1 saturated heterocycles. The van der Waals surface area contributed by atoms with Gasteiger partial charge in [0.2, 0.25) is 5.95 Å². The predicted octanol–water partition coefficient (Wildman–Crippen LogP) is 2.88. The molecule has 6 nitrogen and oxygen atoms in total. The summed E-state index contributed by atoms with van der Waals surface area (Å²) >= 11 is 3.25. The highest BCUT2D eigenvalue weighted by Gasteiger charge is 2.18. The van der Waals surface area contributed by atoms with E-state index in [4.69, 9.17) is 9.84 Å². The zero-order valence-corrected chi connectivity index (χ0v) is 15.5. The van der Waals surface area contributed by atoms with Crippen LogP contribution in [0.3, 0.4) is 0 Å². The van der Waals surface area contributed by atoms with Crippen LogP contribution in [-0.4, -0.2) is 58.0 Å². The summed E-state index contributed by atoms with van der Waals surface area (Å²) in [6, 6.07) is 10.3. The second kappa shape index (κ2) is 8.55. The molecule has 24 heavy (non-hydrogen) atoms. The van der Waals surface area contributed by atoms with Gasteiger partial charge in [-0.2, -0.15) is 9.98 Å². The van der Waals surface area contributed by atoms with Gasteiger partial charge in [0.1, 0.15) is 4.38 Å². The lowest BCUT2D eigenvalue weighted by Crippen LogP contribution is -2.37. The van der Waals surface area contributed by atoms with Crippen LogP contribution >= 0.6 is 23.5 Å². The number of thioether (sulfide) groups is 2. The van der Waals surface area contributed by atoms with Crippen LogP contribution < -0.4 is 4.90 Å². The van der Waals surface area contributed by atoms with Gasteiger partial charge >= 0.3 is 0 Å². The third-order valence-corrected chi connectivity index (χ3v) is 5.53. The number of ether oxygens (including phenoxy) is 1. The van der Waals surface area contributed by atoms with Crippen LogP contribution in [0.25, 0.3) is 0 Å². The molecule has 128 valence electrons. The fourth-order valence-corrected chi connectivity index (χ4v) is 3.43. The predicted molar refractivity (Wildman–Crippen MR) is 103 cm³/mol. The minimum atomic E-state index is 0.652. The van der Waals surface area contributed by atoms with Crippen molar-refractivity contribution in [1.82, 2.24) is 14.8 Å². The lowest BCUT2D eigenvalue weighted by atomic mass is 10.2. The number of aromatic nitrogens is 3. The van der Waals surface area contributed by atoms with Crippen molar-refractivity contribution in [2.45, 2.75) is 6.54 Å². The fourth-order valence-electron chi connectivity index (χ4n) is 2.42. The molecule has 2 aromatic rings. The van der Waals surface area contributed by atoms with Gasteiger partial charge in [-0.1, -0.05) is 30.3 Å². The first-order valence-electron chi connectivity index (χ1n) is 7.78. The summed E-state index contributed by atoms with van der Waals surface area (Å²) in [5, 5.41) is 4.70. The van der Waals surface area contributed by atoms with Crippen molar-refractivity contribution in [3.05, 3.63) is 35.9 Å².